The smallest absolute Gasteiger partial charge is 0.363 e. The number of aldehydes is 1. The summed E-state index contributed by atoms with van der Waals surface area (Å²) in [6.45, 7) is 0. The van der Waals surface area contributed by atoms with Gasteiger partial charge in [0.25, 0.3) is 5.91 Å². The Morgan fingerprint density at radius 1 is 1.38 bits per heavy atom. The summed E-state index contributed by atoms with van der Waals surface area (Å²) in [5.74, 6) is -1.20. The summed E-state index contributed by atoms with van der Waals surface area (Å²) < 4.78 is 37.2. The minimum absolute atomic E-state index is 0.0377. The lowest BCUT2D eigenvalue weighted by Crippen LogP contribution is -2.48. The highest BCUT2D eigenvalue weighted by molar-refractivity contribution is 6.06. The monoisotopic (exact) mass is 233 g/mol. The van der Waals surface area contributed by atoms with Crippen molar-refractivity contribution in [2.75, 3.05) is 10.6 Å². The summed E-state index contributed by atoms with van der Waals surface area (Å²) in [6, 6.07) is -2.34. The number of H-pyrrole nitrogens is 1. The van der Waals surface area contributed by atoms with Crippen molar-refractivity contribution in [3.63, 3.8) is 0 Å². The molecular formula is C8H6F3N3O2. The van der Waals surface area contributed by atoms with Crippen molar-refractivity contribution >= 4 is 23.6 Å². The van der Waals surface area contributed by atoms with E-state index in [0.29, 0.717) is 6.29 Å². The normalized spacial score (nSPS) is 19.7. The van der Waals surface area contributed by atoms with Gasteiger partial charge in [-0.25, -0.2) is 0 Å². The Morgan fingerprint density at radius 2 is 2.06 bits per heavy atom. The minimum atomic E-state index is -4.71. The minimum Gasteiger partial charge on any atom is -0.363 e. The molecule has 0 radical (unpaired) electrons. The van der Waals surface area contributed by atoms with E-state index in [9.17, 15) is 22.8 Å². The number of carbonyl (C=O) groups is 2. The van der Waals surface area contributed by atoms with Crippen molar-refractivity contribution in [1.82, 2.24) is 4.98 Å². The highest BCUT2D eigenvalue weighted by atomic mass is 19.4. The third kappa shape index (κ3) is 1.51. The van der Waals surface area contributed by atoms with Gasteiger partial charge in [-0.2, -0.15) is 13.2 Å². The Labute approximate surface area is 87.0 Å². The molecule has 0 bridgehead atoms. The van der Waals surface area contributed by atoms with Crippen LogP contribution in [-0.4, -0.2) is 29.4 Å². The summed E-state index contributed by atoms with van der Waals surface area (Å²) in [6.07, 6.45) is -3.09. The number of amides is 1. The van der Waals surface area contributed by atoms with Crippen LogP contribution in [0.5, 0.6) is 0 Å². The van der Waals surface area contributed by atoms with E-state index in [1.807, 2.05) is 5.32 Å². The van der Waals surface area contributed by atoms with Crippen LogP contribution in [0.15, 0.2) is 6.20 Å². The number of hydrogen-bond acceptors (Lipinski definition) is 3. The Bertz CT molecular complexity index is 452. The van der Waals surface area contributed by atoms with Crippen LogP contribution in [0.2, 0.25) is 0 Å². The van der Waals surface area contributed by atoms with Crippen molar-refractivity contribution in [2.24, 2.45) is 0 Å². The van der Waals surface area contributed by atoms with Gasteiger partial charge in [0.1, 0.15) is 5.69 Å². The summed E-state index contributed by atoms with van der Waals surface area (Å²) in [5.41, 5.74) is 0.0498. The fraction of sp³-hybridized carbons (Fsp3) is 0.250. The highest BCUT2D eigenvalue weighted by Crippen LogP contribution is 2.34. The lowest BCUT2D eigenvalue weighted by molar-refractivity contribution is -0.156. The molecule has 8 heteroatoms. The Balaban J connectivity index is 2.39. The lowest BCUT2D eigenvalue weighted by atomic mass is 10.1. The number of fused-ring (bicyclic) bond motifs is 1. The van der Waals surface area contributed by atoms with E-state index in [1.54, 1.807) is 0 Å². The average Bonchev–Trinajstić information content (AvgIpc) is 2.56. The predicted molar refractivity (Wildman–Crippen MR) is 48.3 cm³/mol. The van der Waals surface area contributed by atoms with Gasteiger partial charge in [-0.1, -0.05) is 0 Å². The molecule has 5 nitrogen and oxygen atoms in total. The molecule has 86 valence electrons. The second-order valence-electron chi connectivity index (χ2n) is 3.22. The lowest BCUT2D eigenvalue weighted by Gasteiger charge is -2.26. The van der Waals surface area contributed by atoms with Crippen LogP contribution in [-0.2, 0) is 4.79 Å². The molecule has 3 N–H and O–H groups in total. The summed E-state index contributed by atoms with van der Waals surface area (Å²) in [5, 5.41) is 4.05. The number of aromatic nitrogens is 1. The Morgan fingerprint density at radius 3 is 2.62 bits per heavy atom. The zero-order chi connectivity index (χ0) is 11.9. The third-order valence-electron chi connectivity index (χ3n) is 2.16. The maximum Gasteiger partial charge on any atom is 0.417 e. The Hall–Kier alpha value is -1.99. The molecule has 16 heavy (non-hydrogen) atoms. The first-order chi connectivity index (χ1) is 7.43. The number of halogens is 3. The molecule has 2 heterocycles. The quantitative estimate of drug-likeness (QED) is 0.636. The van der Waals surface area contributed by atoms with E-state index in [-0.39, 0.29) is 17.1 Å². The Kier molecular flexibility index (Phi) is 2.14. The largest absolute Gasteiger partial charge is 0.417 e. The van der Waals surface area contributed by atoms with Crippen LogP contribution in [0.4, 0.5) is 24.5 Å². The van der Waals surface area contributed by atoms with Crippen LogP contribution in [0.3, 0.4) is 0 Å². The van der Waals surface area contributed by atoms with Crippen molar-refractivity contribution < 1.29 is 22.8 Å². The maximum absolute atomic E-state index is 12.4. The highest BCUT2D eigenvalue weighted by Gasteiger charge is 2.47. The zero-order valence-corrected chi connectivity index (χ0v) is 7.68. The molecule has 1 aliphatic rings. The number of rotatable bonds is 1. The van der Waals surface area contributed by atoms with E-state index in [0.717, 1.165) is 0 Å². The number of nitrogens with one attached hydrogen (secondary N) is 3. The molecule has 1 aliphatic heterocycles. The van der Waals surface area contributed by atoms with Crippen molar-refractivity contribution in [2.45, 2.75) is 12.2 Å². The van der Waals surface area contributed by atoms with E-state index in [1.165, 1.54) is 6.20 Å². The van der Waals surface area contributed by atoms with Crippen LogP contribution in [0.25, 0.3) is 0 Å². The molecule has 1 aromatic rings. The third-order valence-corrected chi connectivity index (χ3v) is 2.16. The fourth-order valence-corrected chi connectivity index (χ4v) is 1.43. The molecule has 1 unspecified atom stereocenters. The zero-order valence-electron chi connectivity index (χ0n) is 7.68. The fourth-order valence-electron chi connectivity index (χ4n) is 1.43. The standard InChI is InChI=1S/C8H6F3N3O2/c9-8(10,11)6-7(16)13-3-1-12-4(2-15)5(3)14-6/h1-2,6,12,14H,(H,13,16). The molecule has 0 saturated carbocycles. The number of hydrogen-bond donors (Lipinski definition) is 3. The number of alkyl halides is 3. The van der Waals surface area contributed by atoms with Gasteiger partial charge < -0.3 is 15.6 Å². The van der Waals surface area contributed by atoms with Gasteiger partial charge in [-0.3, -0.25) is 9.59 Å². The molecule has 1 atom stereocenters. The summed E-state index contributed by atoms with van der Waals surface area (Å²) in [4.78, 5) is 24.1. The molecule has 2 rings (SSSR count). The molecular weight excluding hydrogens is 227 g/mol. The van der Waals surface area contributed by atoms with E-state index < -0.39 is 18.1 Å². The topological polar surface area (TPSA) is 74.0 Å². The van der Waals surface area contributed by atoms with E-state index in [2.05, 4.69) is 10.3 Å². The molecule has 0 aliphatic carbocycles. The van der Waals surface area contributed by atoms with Gasteiger partial charge in [0.15, 0.2) is 6.29 Å². The van der Waals surface area contributed by atoms with Gasteiger partial charge >= 0.3 is 6.18 Å². The summed E-state index contributed by atoms with van der Waals surface area (Å²) in [7, 11) is 0. The summed E-state index contributed by atoms with van der Waals surface area (Å²) >= 11 is 0. The molecule has 0 fully saturated rings. The number of carbonyl (C=O) groups excluding carboxylic acids is 2. The van der Waals surface area contributed by atoms with Gasteiger partial charge in [0.05, 0.1) is 11.4 Å². The first-order valence-corrected chi connectivity index (χ1v) is 4.24. The maximum atomic E-state index is 12.4. The first kappa shape index (κ1) is 10.5. The number of aromatic amines is 1. The van der Waals surface area contributed by atoms with Gasteiger partial charge in [0, 0.05) is 6.20 Å². The van der Waals surface area contributed by atoms with Crippen LogP contribution >= 0.6 is 0 Å². The van der Waals surface area contributed by atoms with Gasteiger partial charge in [-0.05, 0) is 0 Å². The second kappa shape index (κ2) is 3.26. The SMILES string of the molecule is O=Cc1[nH]cc2c1NC(C(F)(F)F)C(=O)N2. The second-order valence-corrected chi connectivity index (χ2v) is 3.22. The molecule has 0 spiro atoms. The first-order valence-electron chi connectivity index (χ1n) is 4.24. The van der Waals surface area contributed by atoms with Crippen molar-refractivity contribution in [1.29, 1.82) is 0 Å². The van der Waals surface area contributed by atoms with E-state index in [4.69, 9.17) is 0 Å². The average molecular weight is 233 g/mol. The van der Waals surface area contributed by atoms with Crippen molar-refractivity contribution in [3.05, 3.63) is 11.9 Å². The van der Waals surface area contributed by atoms with Crippen LogP contribution in [0.1, 0.15) is 10.5 Å². The molecule has 1 aromatic heterocycles. The molecule has 0 saturated heterocycles. The van der Waals surface area contributed by atoms with Gasteiger partial charge in [0.2, 0.25) is 6.04 Å². The van der Waals surface area contributed by atoms with Crippen molar-refractivity contribution in [3.8, 4) is 0 Å². The number of anilines is 2. The predicted octanol–water partition coefficient (Wildman–Crippen LogP) is 1.12. The molecule has 1 amide bonds. The van der Waals surface area contributed by atoms with Gasteiger partial charge in [-0.15, -0.1) is 0 Å². The van der Waals surface area contributed by atoms with Crippen LogP contribution < -0.4 is 10.6 Å². The van der Waals surface area contributed by atoms with Crippen LogP contribution in [0, 0.1) is 0 Å². The molecule has 0 aromatic carbocycles. The van der Waals surface area contributed by atoms with E-state index >= 15 is 0 Å².